The molecule has 1 saturated carbocycles. The molecule has 2 N–H and O–H groups in total. The highest BCUT2D eigenvalue weighted by molar-refractivity contribution is 7.99. The smallest absolute Gasteiger partial charge is 0.225 e. The van der Waals surface area contributed by atoms with Gasteiger partial charge in [-0.15, -0.1) is 11.3 Å². The Morgan fingerprint density at radius 2 is 2.10 bits per heavy atom. The van der Waals surface area contributed by atoms with Gasteiger partial charge in [-0.1, -0.05) is 12.8 Å². The van der Waals surface area contributed by atoms with Crippen LogP contribution in [0.2, 0.25) is 0 Å². The quantitative estimate of drug-likeness (QED) is 0.886. The van der Waals surface area contributed by atoms with Crippen molar-refractivity contribution >= 4 is 45.1 Å². The second kappa shape index (κ2) is 6.40. The maximum atomic E-state index is 4.66. The molecule has 1 fully saturated rings. The first kappa shape index (κ1) is 14.9. The van der Waals surface area contributed by atoms with Crippen molar-refractivity contribution in [3.63, 3.8) is 0 Å². The molecular weight excluding hydrogens is 300 g/mol. The van der Waals surface area contributed by atoms with Crippen LogP contribution in [0.5, 0.6) is 0 Å². The lowest BCUT2D eigenvalue weighted by atomic mass is 9.95. The van der Waals surface area contributed by atoms with E-state index in [9.17, 15) is 0 Å². The molecule has 0 radical (unpaired) electrons. The van der Waals surface area contributed by atoms with E-state index >= 15 is 0 Å². The van der Waals surface area contributed by atoms with E-state index in [2.05, 4.69) is 39.8 Å². The van der Waals surface area contributed by atoms with Gasteiger partial charge < -0.3 is 10.6 Å². The van der Waals surface area contributed by atoms with Crippen LogP contribution in [0.1, 0.15) is 30.6 Å². The molecule has 0 aromatic carbocycles. The summed E-state index contributed by atoms with van der Waals surface area (Å²) in [7, 11) is 1.87. The van der Waals surface area contributed by atoms with Crippen molar-refractivity contribution < 1.29 is 0 Å². The summed E-state index contributed by atoms with van der Waals surface area (Å²) in [4.78, 5) is 11.6. The first-order valence-electron chi connectivity index (χ1n) is 7.46. The monoisotopic (exact) mass is 322 g/mol. The van der Waals surface area contributed by atoms with E-state index in [0.717, 1.165) is 16.0 Å². The van der Waals surface area contributed by atoms with Gasteiger partial charge in [-0.05, 0) is 32.1 Å². The molecule has 3 rings (SSSR count). The Labute approximate surface area is 134 Å². The Bertz CT molecular complexity index is 625. The van der Waals surface area contributed by atoms with Gasteiger partial charge in [-0.25, -0.2) is 4.98 Å². The van der Waals surface area contributed by atoms with Crippen molar-refractivity contribution in [2.75, 3.05) is 23.9 Å². The maximum Gasteiger partial charge on any atom is 0.225 e. The van der Waals surface area contributed by atoms with Gasteiger partial charge in [-0.2, -0.15) is 16.7 Å². The number of rotatable bonds is 4. The normalized spacial score (nSPS) is 22.4. The number of aromatic nitrogens is 2. The average molecular weight is 323 g/mol. The largest absolute Gasteiger partial charge is 0.366 e. The van der Waals surface area contributed by atoms with Crippen molar-refractivity contribution in [2.24, 2.45) is 0 Å². The molecule has 21 heavy (non-hydrogen) atoms. The molecule has 6 heteroatoms. The third kappa shape index (κ3) is 3.11. The van der Waals surface area contributed by atoms with Crippen LogP contribution in [0.4, 0.5) is 11.8 Å². The summed E-state index contributed by atoms with van der Waals surface area (Å²) in [6.45, 7) is 2.13. The fourth-order valence-corrected chi connectivity index (χ4v) is 4.80. The molecule has 2 unspecified atom stereocenters. The minimum Gasteiger partial charge on any atom is -0.366 e. The summed E-state index contributed by atoms with van der Waals surface area (Å²) in [5.41, 5.74) is 0. The van der Waals surface area contributed by atoms with Crippen molar-refractivity contribution in [1.82, 2.24) is 9.97 Å². The van der Waals surface area contributed by atoms with E-state index in [-0.39, 0.29) is 0 Å². The first-order chi connectivity index (χ1) is 10.2. The van der Waals surface area contributed by atoms with Gasteiger partial charge in [0.1, 0.15) is 10.6 Å². The number of nitrogens with zero attached hydrogens (tertiary/aromatic N) is 2. The predicted molar refractivity (Wildman–Crippen MR) is 94.9 cm³/mol. The fraction of sp³-hybridized carbons (Fsp3) is 0.600. The van der Waals surface area contributed by atoms with Gasteiger partial charge in [0.05, 0.1) is 5.39 Å². The van der Waals surface area contributed by atoms with E-state index < -0.39 is 0 Å². The summed E-state index contributed by atoms with van der Waals surface area (Å²) in [6.07, 6.45) is 7.41. The van der Waals surface area contributed by atoms with Crippen LogP contribution in [0.25, 0.3) is 10.2 Å². The Morgan fingerprint density at radius 3 is 2.86 bits per heavy atom. The number of hydrogen-bond acceptors (Lipinski definition) is 6. The van der Waals surface area contributed by atoms with E-state index in [1.165, 1.54) is 30.6 Å². The molecule has 2 heterocycles. The summed E-state index contributed by atoms with van der Waals surface area (Å²) in [5, 5.41) is 8.61. The second-order valence-corrected chi connectivity index (χ2v) is 7.84. The number of anilines is 2. The predicted octanol–water partition coefficient (Wildman–Crippen LogP) is 4.13. The highest BCUT2D eigenvalue weighted by atomic mass is 32.2. The first-order valence-corrected chi connectivity index (χ1v) is 9.57. The highest BCUT2D eigenvalue weighted by Crippen LogP contribution is 2.33. The lowest BCUT2D eigenvalue weighted by Gasteiger charge is -2.31. The molecule has 0 aliphatic heterocycles. The minimum atomic E-state index is 0.511. The lowest BCUT2D eigenvalue weighted by molar-refractivity contribution is 0.474. The molecule has 2 aromatic rings. The highest BCUT2D eigenvalue weighted by Gasteiger charge is 2.25. The van der Waals surface area contributed by atoms with Gasteiger partial charge in [0.2, 0.25) is 5.95 Å². The van der Waals surface area contributed by atoms with Crippen molar-refractivity contribution in [2.45, 2.75) is 43.9 Å². The van der Waals surface area contributed by atoms with Crippen LogP contribution < -0.4 is 10.6 Å². The van der Waals surface area contributed by atoms with Crippen LogP contribution in [0, 0.1) is 6.92 Å². The van der Waals surface area contributed by atoms with Crippen LogP contribution in [0.3, 0.4) is 0 Å². The van der Waals surface area contributed by atoms with Crippen molar-refractivity contribution in [3.05, 3.63) is 10.9 Å². The van der Waals surface area contributed by atoms with Gasteiger partial charge in [0.15, 0.2) is 0 Å². The van der Waals surface area contributed by atoms with Crippen LogP contribution in [-0.2, 0) is 0 Å². The second-order valence-electron chi connectivity index (χ2n) is 5.53. The molecule has 2 atom stereocenters. The number of nitrogens with one attached hydrogen (secondary N) is 2. The number of aryl methyl sites for hydroxylation is 1. The number of thioether (sulfide) groups is 1. The zero-order valence-electron chi connectivity index (χ0n) is 12.8. The topological polar surface area (TPSA) is 49.8 Å². The van der Waals surface area contributed by atoms with E-state index in [1.54, 1.807) is 11.3 Å². The van der Waals surface area contributed by atoms with Gasteiger partial charge in [0.25, 0.3) is 0 Å². The number of thiophene rings is 1. The van der Waals surface area contributed by atoms with Gasteiger partial charge in [0, 0.05) is 23.2 Å². The molecule has 2 aromatic heterocycles. The Morgan fingerprint density at radius 1 is 1.29 bits per heavy atom. The van der Waals surface area contributed by atoms with Crippen LogP contribution in [-0.4, -0.2) is 34.6 Å². The van der Waals surface area contributed by atoms with E-state index in [4.69, 9.17) is 0 Å². The van der Waals surface area contributed by atoms with Crippen molar-refractivity contribution in [3.8, 4) is 0 Å². The van der Waals surface area contributed by atoms with Gasteiger partial charge in [-0.3, -0.25) is 0 Å². The summed E-state index contributed by atoms with van der Waals surface area (Å²) >= 11 is 3.70. The van der Waals surface area contributed by atoms with Crippen LogP contribution >= 0.6 is 23.1 Å². The zero-order valence-corrected chi connectivity index (χ0v) is 14.4. The van der Waals surface area contributed by atoms with E-state index in [1.807, 2.05) is 18.8 Å². The molecule has 114 valence electrons. The molecule has 0 spiro atoms. The van der Waals surface area contributed by atoms with Crippen LogP contribution in [0.15, 0.2) is 6.07 Å². The third-order valence-electron chi connectivity index (χ3n) is 4.07. The molecule has 0 amide bonds. The molecular formula is C15H22N4S2. The summed E-state index contributed by atoms with van der Waals surface area (Å²) in [6, 6.07) is 2.70. The SMILES string of the molecule is CNc1nc(NC2CCCCC2SC)c2cc(C)sc2n1. The van der Waals surface area contributed by atoms with Crippen molar-refractivity contribution in [1.29, 1.82) is 0 Å². The average Bonchev–Trinajstić information content (AvgIpc) is 2.88. The summed E-state index contributed by atoms with van der Waals surface area (Å²) in [5.74, 6) is 1.68. The molecule has 1 aliphatic rings. The number of fused-ring (bicyclic) bond motifs is 1. The number of hydrogen-bond donors (Lipinski definition) is 2. The standard InChI is InChI=1S/C15H22N4S2/c1-9-8-10-13(18-15(16-2)19-14(10)21-9)17-11-6-4-5-7-12(11)20-3/h8,11-12H,4-7H2,1-3H3,(H2,16,17,18,19). The molecule has 4 nitrogen and oxygen atoms in total. The minimum absolute atomic E-state index is 0.511. The Balaban J connectivity index is 1.94. The Kier molecular flexibility index (Phi) is 4.54. The maximum absolute atomic E-state index is 4.66. The van der Waals surface area contributed by atoms with Gasteiger partial charge >= 0.3 is 0 Å². The zero-order chi connectivity index (χ0) is 14.8. The fourth-order valence-electron chi connectivity index (χ4n) is 2.98. The molecule has 1 aliphatic carbocycles. The van der Waals surface area contributed by atoms with E-state index in [0.29, 0.717) is 17.2 Å². The Hall–Kier alpha value is -1.01. The molecule has 0 saturated heterocycles. The lowest BCUT2D eigenvalue weighted by Crippen LogP contribution is -2.34. The third-order valence-corrected chi connectivity index (χ3v) is 6.18. The summed E-state index contributed by atoms with van der Waals surface area (Å²) < 4.78 is 0. The molecule has 0 bridgehead atoms.